The predicted molar refractivity (Wildman–Crippen MR) is 74.9 cm³/mol. The molecule has 6 nitrogen and oxygen atoms in total. The van der Waals surface area contributed by atoms with E-state index in [-0.39, 0.29) is 11.4 Å². The van der Waals surface area contributed by atoms with Crippen molar-refractivity contribution in [2.45, 2.75) is 18.4 Å². The van der Waals surface area contributed by atoms with Gasteiger partial charge < -0.3 is 13.9 Å². The molecule has 0 saturated carbocycles. The second kappa shape index (κ2) is 5.42. The molecule has 1 aliphatic heterocycles. The van der Waals surface area contributed by atoms with E-state index in [0.29, 0.717) is 30.5 Å². The minimum atomic E-state index is -3.63. The maximum absolute atomic E-state index is 12.2. The molecule has 1 aliphatic rings. The van der Waals surface area contributed by atoms with Gasteiger partial charge in [-0.25, -0.2) is 13.1 Å². The van der Waals surface area contributed by atoms with E-state index in [1.54, 1.807) is 25.1 Å². The summed E-state index contributed by atoms with van der Waals surface area (Å²) in [6.45, 7) is 2.79. The number of rotatable bonds is 4. The van der Waals surface area contributed by atoms with Crippen LogP contribution < -0.4 is 14.2 Å². The van der Waals surface area contributed by atoms with Crippen LogP contribution in [0.25, 0.3) is 0 Å². The quantitative estimate of drug-likeness (QED) is 0.932. The summed E-state index contributed by atoms with van der Waals surface area (Å²) in [6, 6.07) is 8.07. The lowest BCUT2D eigenvalue weighted by Crippen LogP contribution is -2.23. The van der Waals surface area contributed by atoms with Crippen molar-refractivity contribution in [1.82, 2.24) is 4.72 Å². The van der Waals surface area contributed by atoms with Crippen molar-refractivity contribution in [2.24, 2.45) is 0 Å². The fourth-order valence-electron chi connectivity index (χ4n) is 2.02. The van der Waals surface area contributed by atoms with Crippen LogP contribution in [-0.2, 0) is 16.6 Å². The third-order valence-corrected chi connectivity index (χ3v) is 4.46. The minimum absolute atomic E-state index is 0.102. The molecule has 21 heavy (non-hydrogen) atoms. The molecular weight excluding hydrogens is 294 g/mol. The van der Waals surface area contributed by atoms with Crippen molar-refractivity contribution in [3.63, 3.8) is 0 Å². The summed E-state index contributed by atoms with van der Waals surface area (Å²) >= 11 is 0. The fourth-order valence-corrected chi connectivity index (χ4v) is 3.03. The molecule has 1 aromatic carbocycles. The van der Waals surface area contributed by atoms with Gasteiger partial charge in [-0.3, -0.25) is 0 Å². The average Bonchev–Trinajstić information content (AvgIpc) is 2.90. The third kappa shape index (κ3) is 3.03. The number of benzene rings is 1. The van der Waals surface area contributed by atoms with Crippen molar-refractivity contribution in [3.8, 4) is 11.5 Å². The van der Waals surface area contributed by atoms with Crippen LogP contribution in [0.1, 0.15) is 11.5 Å². The lowest BCUT2D eigenvalue weighted by atomic mass is 10.3. The van der Waals surface area contributed by atoms with E-state index in [9.17, 15) is 8.42 Å². The smallest absolute Gasteiger partial charge is 0.241 e. The van der Waals surface area contributed by atoms with Crippen LogP contribution in [0.5, 0.6) is 11.5 Å². The van der Waals surface area contributed by atoms with Gasteiger partial charge in [-0.05, 0) is 31.2 Å². The molecule has 2 aromatic rings. The highest BCUT2D eigenvalue weighted by molar-refractivity contribution is 7.89. The third-order valence-electron chi connectivity index (χ3n) is 3.06. The first-order valence-corrected chi connectivity index (χ1v) is 7.97. The van der Waals surface area contributed by atoms with E-state index < -0.39 is 10.0 Å². The maximum atomic E-state index is 12.2. The molecule has 0 fully saturated rings. The molecule has 2 heterocycles. The van der Waals surface area contributed by atoms with Gasteiger partial charge in [-0.15, -0.1) is 0 Å². The van der Waals surface area contributed by atoms with Crippen LogP contribution in [-0.4, -0.2) is 21.6 Å². The first kappa shape index (κ1) is 14.0. The summed E-state index contributed by atoms with van der Waals surface area (Å²) in [5.74, 6) is 2.30. The van der Waals surface area contributed by atoms with Crippen LogP contribution in [0, 0.1) is 6.92 Å². The Hall–Kier alpha value is -1.99. The van der Waals surface area contributed by atoms with Crippen LogP contribution in [0.2, 0.25) is 0 Å². The van der Waals surface area contributed by atoms with E-state index in [1.165, 1.54) is 12.1 Å². The first-order valence-electron chi connectivity index (χ1n) is 6.49. The standard InChI is InChI=1S/C14H15NO5S/c1-10-2-3-11(20-10)9-15-21(16,17)12-4-5-13-14(8-12)19-7-6-18-13/h2-5,8,15H,6-7,9H2,1H3. The number of sulfonamides is 1. The lowest BCUT2D eigenvalue weighted by Gasteiger charge is -2.18. The summed E-state index contributed by atoms with van der Waals surface area (Å²) in [4.78, 5) is 0.134. The predicted octanol–water partition coefficient (Wildman–Crippen LogP) is 1.84. The molecule has 7 heteroatoms. The Bertz CT molecular complexity index is 750. The highest BCUT2D eigenvalue weighted by Crippen LogP contribution is 2.32. The molecule has 3 rings (SSSR count). The molecule has 0 unspecified atom stereocenters. The van der Waals surface area contributed by atoms with Gasteiger partial charge in [0.2, 0.25) is 10.0 Å². The van der Waals surface area contributed by atoms with Gasteiger partial charge in [-0.1, -0.05) is 0 Å². The molecular formula is C14H15NO5S. The topological polar surface area (TPSA) is 77.8 Å². The molecule has 0 atom stereocenters. The van der Waals surface area contributed by atoms with Gasteiger partial charge in [0.25, 0.3) is 0 Å². The molecule has 112 valence electrons. The maximum Gasteiger partial charge on any atom is 0.241 e. The molecule has 1 N–H and O–H groups in total. The van der Waals surface area contributed by atoms with Gasteiger partial charge in [0.05, 0.1) is 11.4 Å². The summed E-state index contributed by atoms with van der Waals surface area (Å²) in [5.41, 5.74) is 0. The molecule has 0 amide bonds. The van der Waals surface area contributed by atoms with E-state index in [4.69, 9.17) is 13.9 Å². The zero-order valence-corrected chi connectivity index (χ0v) is 12.3. The Kier molecular flexibility index (Phi) is 3.60. The highest BCUT2D eigenvalue weighted by Gasteiger charge is 2.19. The van der Waals surface area contributed by atoms with Crippen molar-refractivity contribution >= 4 is 10.0 Å². The fraction of sp³-hybridized carbons (Fsp3) is 0.286. The van der Waals surface area contributed by atoms with Gasteiger partial charge in [0.15, 0.2) is 11.5 Å². The van der Waals surface area contributed by atoms with Gasteiger partial charge in [0, 0.05) is 6.07 Å². The Morgan fingerprint density at radius 2 is 1.86 bits per heavy atom. The highest BCUT2D eigenvalue weighted by atomic mass is 32.2. The molecule has 0 bridgehead atoms. The Morgan fingerprint density at radius 3 is 2.57 bits per heavy atom. The number of nitrogens with one attached hydrogen (secondary N) is 1. The lowest BCUT2D eigenvalue weighted by molar-refractivity contribution is 0.171. The molecule has 0 saturated heterocycles. The second-order valence-electron chi connectivity index (χ2n) is 4.64. The number of hydrogen-bond donors (Lipinski definition) is 1. The Morgan fingerprint density at radius 1 is 1.10 bits per heavy atom. The summed E-state index contributed by atoms with van der Waals surface area (Å²) in [5, 5.41) is 0. The molecule has 0 spiro atoms. The number of fused-ring (bicyclic) bond motifs is 1. The summed E-state index contributed by atoms with van der Waals surface area (Å²) in [7, 11) is -3.63. The van der Waals surface area contributed by atoms with Crippen LogP contribution >= 0.6 is 0 Å². The van der Waals surface area contributed by atoms with Crippen molar-refractivity contribution in [2.75, 3.05) is 13.2 Å². The largest absolute Gasteiger partial charge is 0.486 e. The van der Waals surface area contributed by atoms with Crippen molar-refractivity contribution in [3.05, 3.63) is 41.9 Å². The molecule has 0 radical (unpaired) electrons. The number of ether oxygens (including phenoxy) is 2. The molecule has 0 aliphatic carbocycles. The summed E-state index contributed by atoms with van der Waals surface area (Å²) in [6.07, 6.45) is 0. The SMILES string of the molecule is Cc1ccc(CNS(=O)(=O)c2ccc3c(c2)OCCO3)o1. The number of hydrogen-bond acceptors (Lipinski definition) is 5. The van der Waals surface area contributed by atoms with Crippen molar-refractivity contribution in [1.29, 1.82) is 0 Å². The van der Waals surface area contributed by atoms with Crippen LogP contribution in [0.3, 0.4) is 0 Å². The number of furan rings is 1. The van der Waals surface area contributed by atoms with E-state index in [0.717, 1.165) is 5.76 Å². The van der Waals surface area contributed by atoms with Gasteiger partial charge in [-0.2, -0.15) is 0 Å². The minimum Gasteiger partial charge on any atom is -0.486 e. The zero-order chi connectivity index (χ0) is 14.9. The second-order valence-corrected chi connectivity index (χ2v) is 6.41. The monoisotopic (exact) mass is 309 g/mol. The first-order chi connectivity index (χ1) is 10.0. The molecule has 1 aromatic heterocycles. The summed E-state index contributed by atoms with van der Waals surface area (Å²) < 4.78 is 43.1. The normalized spacial score (nSPS) is 14.1. The van der Waals surface area contributed by atoms with Gasteiger partial charge in [0.1, 0.15) is 24.7 Å². The van der Waals surface area contributed by atoms with Crippen molar-refractivity contribution < 1.29 is 22.3 Å². The van der Waals surface area contributed by atoms with Crippen LogP contribution in [0.15, 0.2) is 39.6 Å². The number of aryl methyl sites for hydroxylation is 1. The average molecular weight is 309 g/mol. The van der Waals surface area contributed by atoms with Gasteiger partial charge >= 0.3 is 0 Å². The van der Waals surface area contributed by atoms with E-state index in [2.05, 4.69) is 4.72 Å². The van der Waals surface area contributed by atoms with Crippen LogP contribution in [0.4, 0.5) is 0 Å². The Labute approximate surface area is 122 Å². The Balaban J connectivity index is 1.78. The zero-order valence-electron chi connectivity index (χ0n) is 11.5. The van der Waals surface area contributed by atoms with E-state index in [1.807, 2.05) is 0 Å². The van der Waals surface area contributed by atoms with E-state index >= 15 is 0 Å².